The van der Waals surface area contributed by atoms with Gasteiger partial charge < -0.3 is 10.4 Å². The highest BCUT2D eigenvalue weighted by Crippen LogP contribution is 2.55. The van der Waals surface area contributed by atoms with E-state index in [1.807, 2.05) is 6.92 Å². The largest absolute Gasteiger partial charge is 0.390 e. The van der Waals surface area contributed by atoms with Crippen LogP contribution in [0.3, 0.4) is 0 Å². The highest BCUT2D eigenvalue weighted by molar-refractivity contribution is 7.91. The first kappa shape index (κ1) is 20.0. The maximum Gasteiger partial charge on any atom is 0.253 e. The first-order valence-corrected chi connectivity index (χ1v) is 13.2. The van der Waals surface area contributed by atoms with Crippen LogP contribution < -0.4 is 5.32 Å². The molecule has 160 valence electrons. The molecule has 4 aliphatic carbocycles. The van der Waals surface area contributed by atoms with E-state index in [1.54, 1.807) is 17.5 Å². The van der Waals surface area contributed by atoms with E-state index < -0.39 is 21.2 Å². The number of carbonyl (C=O) groups is 1. The molecule has 8 heteroatoms. The van der Waals surface area contributed by atoms with Crippen LogP contribution in [0.4, 0.5) is 0 Å². The Kier molecular flexibility index (Phi) is 4.66. The van der Waals surface area contributed by atoms with Crippen LogP contribution in [0, 0.1) is 17.8 Å². The van der Waals surface area contributed by atoms with Gasteiger partial charge in [0.15, 0.2) is 0 Å². The van der Waals surface area contributed by atoms with Crippen LogP contribution in [-0.4, -0.2) is 47.5 Å². The topological polar surface area (TPSA) is 86.7 Å². The minimum absolute atomic E-state index is 0.0645. The summed E-state index contributed by atoms with van der Waals surface area (Å²) in [4.78, 5) is 13.6. The molecule has 2 heterocycles. The summed E-state index contributed by atoms with van der Waals surface area (Å²) >= 11 is 1.20. The Morgan fingerprint density at radius 2 is 2.03 bits per heavy atom. The van der Waals surface area contributed by atoms with E-state index in [0.717, 1.165) is 32.1 Å². The quantitative estimate of drug-likeness (QED) is 0.740. The third-order valence-electron chi connectivity index (χ3n) is 8.01. The standard InChI is InChI=1S/C21H30N2O4S2/c1-2-21(6-4-7-23(21)29(26,27)17-5-3-8-28-17)19(24)22-18-15-9-14-10-16(18)13-20(25,11-14)12-15/h3,5,8,14-16,18,25H,2,4,6-7,9-13H2,1H3,(H,22,24)/t14?,15?,16?,18?,20?,21-/m1/s1. The molecule has 1 saturated heterocycles. The van der Waals surface area contributed by atoms with Crippen LogP contribution in [0.15, 0.2) is 21.7 Å². The smallest absolute Gasteiger partial charge is 0.253 e. The Labute approximate surface area is 176 Å². The van der Waals surface area contributed by atoms with Gasteiger partial charge in [-0.15, -0.1) is 11.3 Å². The predicted octanol–water partition coefficient (Wildman–Crippen LogP) is 2.74. The normalized spacial score (nSPS) is 41.7. The molecule has 3 atom stereocenters. The van der Waals surface area contributed by atoms with E-state index in [2.05, 4.69) is 5.32 Å². The van der Waals surface area contributed by atoms with Crippen molar-refractivity contribution in [3.63, 3.8) is 0 Å². The summed E-state index contributed by atoms with van der Waals surface area (Å²) in [6.45, 7) is 2.31. The van der Waals surface area contributed by atoms with E-state index in [9.17, 15) is 18.3 Å². The third-order valence-corrected chi connectivity index (χ3v) is 11.4. The lowest BCUT2D eigenvalue weighted by atomic mass is 9.52. The molecule has 6 nitrogen and oxygen atoms in total. The second-order valence-corrected chi connectivity index (χ2v) is 12.7. The summed E-state index contributed by atoms with van der Waals surface area (Å²) in [5.74, 6) is 1.07. The molecule has 2 unspecified atom stereocenters. The fourth-order valence-corrected chi connectivity index (χ4v) is 9.94. The number of hydrogen-bond donors (Lipinski definition) is 2. The zero-order valence-corrected chi connectivity index (χ0v) is 18.5. The van der Waals surface area contributed by atoms with E-state index >= 15 is 0 Å². The van der Waals surface area contributed by atoms with Gasteiger partial charge in [-0.3, -0.25) is 4.79 Å². The molecule has 0 spiro atoms. The van der Waals surface area contributed by atoms with Crippen molar-refractivity contribution in [3.8, 4) is 0 Å². The average Bonchev–Trinajstić information content (AvgIpc) is 3.33. The zero-order chi connectivity index (χ0) is 20.4. The molecule has 0 radical (unpaired) electrons. The van der Waals surface area contributed by atoms with Gasteiger partial charge >= 0.3 is 0 Å². The van der Waals surface area contributed by atoms with Crippen LogP contribution in [0.25, 0.3) is 0 Å². The minimum atomic E-state index is -3.68. The van der Waals surface area contributed by atoms with Gasteiger partial charge in [0, 0.05) is 12.6 Å². The Bertz CT molecular complexity index is 884. The molecule has 0 aromatic carbocycles. The first-order chi connectivity index (χ1) is 13.8. The van der Waals surface area contributed by atoms with Crippen LogP contribution in [0.2, 0.25) is 0 Å². The zero-order valence-electron chi connectivity index (χ0n) is 16.8. The van der Waals surface area contributed by atoms with E-state index in [-0.39, 0.29) is 11.9 Å². The molecule has 5 aliphatic rings. The van der Waals surface area contributed by atoms with Gasteiger partial charge in [-0.1, -0.05) is 13.0 Å². The molecule has 1 aliphatic heterocycles. The van der Waals surface area contributed by atoms with Gasteiger partial charge in [0.1, 0.15) is 9.75 Å². The summed E-state index contributed by atoms with van der Waals surface area (Å²) in [7, 11) is -3.68. The Balaban J connectivity index is 1.41. The SMILES string of the molecule is CC[C@]1(C(=O)NC2C3CC4CC2CC(O)(C4)C3)CCCN1S(=O)(=O)c1cccs1. The summed E-state index contributed by atoms with van der Waals surface area (Å²) in [6, 6.07) is 3.42. The maximum atomic E-state index is 13.6. The summed E-state index contributed by atoms with van der Waals surface area (Å²) < 4.78 is 28.3. The van der Waals surface area contributed by atoms with Crippen molar-refractivity contribution in [2.24, 2.45) is 17.8 Å². The summed E-state index contributed by atoms with van der Waals surface area (Å²) in [5.41, 5.74) is -1.55. The first-order valence-electron chi connectivity index (χ1n) is 10.9. The average molecular weight is 439 g/mol. The fraction of sp³-hybridized carbons (Fsp3) is 0.762. The molecular weight excluding hydrogens is 408 g/mol. The number of amides is 1. The van der Waals surface area contributed by atoms with Crippen LogP contribution in [-0.2, 0) is 14.8 Å². The Hall–Kier alpha value is -0.960. The number of rotatable bonds is 5. The second-order valence-electron chi connectivity index (χ2n) is 9.69. The maximum absolute atomic E-state index is 13.6. The second kappa shape index (κ2) is 6.77. The van der Waals surface area contributed by atoms with Gasteiger partial charge in [-0.25, -0.2) is 8.42 Å². The molecule has 4 saturated carbocycles. The number of aliphatic hydroxyl groups is 1. The number of thiophene rings is 1. The molecule has 5 fully saturated rings. The van der Waals surface area contributed by atoms with Gasteiger partial charge in [0.2, 0.25) is 5.91 Å². The van der Waals surface area contributed by atoms with Crippen molar-refractivity contribution < 1.29 is 18.3 Å². The highest BCUT2D eigenvalue weighted by Gasteiger charge is 2.57. The van der Waals surface area contributed by atoms with Crippen molar-refractivity contribution in [2.45, 2.75) is 79.7 Å². The number of sulfonamides is 1. The van der Waals surface area contributed by atoms with Crippen molar-refractivity contribution in [3.05, 3.63) is 17.5 Å². The van der Waals surface area contributed by atoms with Crippen molar-refractivity contribution >= 4 is 27.3 Å². The third kappa shape index (κ3) is 3.01. The predicted molar refractivity (Wildman–Crippen MR) is 111 cm³/mol. The van der Waals surface area contributed by atoms with Crippen LogP contribution >= 0.6 is 11.3 Å². The molecule has 1 amide bonds. The lowest BCUT2D eigenvalue weighted by Crippen LogP contribution is -2.65. The Morgan fingerprint density at radius 3 is 2.62 bits per heavy atom. The van der Waals surface area contributed by atoms with E-state index in [0.29, 0.717) is 47.8 Å². The summed E-state index contributed by atoms with van der Waals surface area (Å²) in [6.07, 6.45) is 6.31. The molecule has 2 N–H and O–H groups in total. The highest BCUT2D eigenvalue weighted by atomic mass is 32.2. The number of hydrogen-bond acceptors (Lipinski definition) is 5. The van der Waals surface area contributed by atoms with Crippen LogP contribution in [0.5, 0.6) is 0 Å². The molecule has 1 aromatic heterocycles. The monoisotopic (exact) mass is 438 g/mol. The lowest BCUT2D eigenvalue weighted by molar-refractivity contribution is -0.150. The number of nitrogens with one attached hydrogen (secondary N) is 1. The molecule has 29 heavy (non-hydrogen) atoms. The van der Waals surface area contributed by atoms with E-state index in [1.165, 1.54) is 15.6 Å². The number of nitrogens with zero attached hydrogens (tertiary/aromatic N) is 1. The fourth-order valence-electron chi connectivity index (χ4n) is 6.97. The van der Waals surface area contributed by atoms with Gasteiger partial charge in [0.05, 0.1) is 5.60 Å². The molecule has 1 aromatic rings. The van der Waals surface area contributed by atoms with Crippen molar-refractivity contribution in [1.29, 1.82) is 0 Å². The lowest BCUT2D eigenvalue weighted by Gasteiger charge is -2.58. The summed E-state index contributed by atoms with van der Waals surface area (Å²) in [5, 5.41) is 15.9. The van der Waals surface area contributed by atoms with Gasteiger partial charge in [-0.05, 0) is 80.6 Å². The minimum Gasteiger partial charge on any atom is -0.390 e. The number of carbonyl (C=O) groups excluding carboxylic acids is 1. The Morgan fingerprint density at radius 1 is 1.31 bits per heavy atom. The molecule has 4 bridgehead atoms. The van der Waals surface area contributed by atoms with Gasteiger partial charge in [-0.2, -0.15) is 4.31 Å². The van der Waals surface area contributed by atoms with Crippen molar-refractivity contribution in [1.82, 2.24) is 9.62 Å². The molecule has 6 rings (SSSR count). The molecular formula is C21H30N2O4S2. The van der Waals surface area contributed by atoms with Crippen LogP contribution in [0.1, 0.15) is 58.3 Å². The van der Waals surface area contributed by atoms with E-state index in [4.69, 9.17) is 0 Å². The van der Waals surface area contributed by atoms with Crippen molar-refractivity contribution in [2.75, 3.05) is 6.54 Å². The van der Waals surface area contributed by atoms with Gasteiger partial charge in [0.25, 0.3) is 10.0 Å².